The number of hydrogen-bond donors (Lipinski definition) is 2. The van der Waals surface area contributed by atoms with Gasteiger partial charge in [0.1, 0.15) is 0 Å². The van der Waals surface area contributed by atoms with Gasteiger partial charge in [0.2, 0.25) is 0 Å². The molecule has 0 aliphatic rings. The van der Waals surface area contributed by atoms with E-state index in [1.54, 1.807) is 0 Å². The standard InChI is InChI=1S/C18H24N2/c1-12-10-14(3)17(11-13(12)2)18(20-5)15-6-8-16(19-4)9-7-15/h6-11,18-20H,1-5H3. The van der Waals surface area contributed by atoms with Crippen molar-refractivity contribution in [1.29, 1.82) is 0 Å². The maximum Gasteiger partial charge on any atom is 0.0577 e. The van der Waals surface area contributed by atoms with Crippen LogP contribution >= 0.6 is 0 Å². The van der Waals surface area contributed by atoms with E-state index in [0.717, 1.165) is 5.69 Å². The second kappa shape index (κ2) is 6.10. The van der Waals surface area contributed by atoms with Crippen LogP contribution < -0.4 is 10.6 Å². The van der Waals surface area contributed by atoms with E-state index in [1.165, 1.54) is 27.8 Å². The molecule has 0 heterocycles. The number of nitrogens with one attached hydrogen (secondary N) is 2. The molecule has 0 aliphatic heterocycles. The van der Waals surface area contributed by atoms with Crippen molar-refractivity contribution in [1.82, 2.24) is 5.32 Å². The predicted octanol–water partition coefficient (Wildman–Crippen LogP) is 3.96. The summed E-state index contributed by atoms with van der Waals surface area (Å²) in [4.78, 5) is 0. The molecular formula is C18H24N2. The highest BCUT2D eigenvalue weighted by Crippen LogP contribution is 2.27. The molecule has 0 spiro atoms. The maximum atomic E-state index is 3.44. The third kappa shape index (κ3) is 2.86. The van der Waals surface area contributed by atoms with E-state index in [2.05, 4.69) is 67.8 Å². The second-order valence-electron chi connectivity index (χ2n) is 5.39. The fourth-order valence-electron chi connectivity index (χ4n) is 2.64. The van der Waals surface area contributed by atoms with Gasteiger partial charge >= 0.3 is 0 Å². The fraction of sp³-hybridized carbons (Fsp3) is 0.333. The van der Waals surface area contributed by atoms with Gasteiger partial charge in [-0.25, -0.2) is 0 Å². The van der Waals surface area contributed by atoms with Crippen LogP contribution in [0.25, 0.3) is 0 Å². The van der Waals surface area contributed by atoms with E-state index in [1.807, 2.05) is 14.1 Å². The first-order chi connectivity index (χ1) is 9.56. The summed E-state index contributed by atoms with van der Waals surface area (Å²) in [6, 6.07) is 13.4. The summed E-state index contributed by atoms with van der Waals surface area (Å²) < 4.78 is 0. The highest BCUT2D eigenvalue weighted by molar-refractivity contribution is 5.47. The Bertz CT molecular complexity index is 585. The van der Waals surface area contributed by atoms with E-state index >= 15 is 0 Å². The van der Waals surface area contributed by atoms with Crippen molar-refractivity contribution in [2.24, 2.45) is 0 Å². The Kier molecular flexibility index (Phi) is 4.46. The zero-order valence-electron chi connectivity index (χ0n) is 13.0. The number of aryl methyl sites for hydroxylation is 3. The molecule has 0 saturated carbocycles. The molecule has 0 amide bonds. The molecule has 2 aromatic carbocycles. The van der Waals surface area contributed by atoms with Gasteiger partial charge in [-0.05, 0) is 67.8 Å². The van der Waals surface area contributed by atoms with Gasteiger partial charge in [0, 0.05) is 12.7 Å². The van der Waals surface area contributed by atoms with Gasteiger partial charge in [-0.15, -0.1) is 0 Å². The molecule has 0 radical (unpaired) electrons. The van der Waals surface area contributed by atoms with E-state index in [-0.39, 0.29) is 6.04 Å². The monoisotopic (exact) mass is 268 g/mol. The van der Waals surface area contributed by atoms with Gasteiger partial charge in [0.25, 0.3) is 0 Å². The molecule has 0 saturated heterocycles. The summed E-state index contributed by atoms with van der Waals surface area (Å²) >= 11 is 0. The number of hydrogen-bond acceptors (Lipinski definition) is 2. The Balaban J connectivity index is 2.43. The van der Waals surface area contributed by atoms with Gasteiger partial charge in [-0.1, -0.05) is 24.3 Å². The summed E-state index contributed by atoms with van der Waals surface area (Å²) in [7, 11) is 3.96. The van der Waals surface area contributed by atoms with Crippen molar-refractivity contribution in [3.8, 4) is 0 Å². The molecule has 20 heavy (non-hydrogen) atoms. The van der Waals surface area contributed by atoms with Crippen LogP contribution in [0.2, 0.25) is 0 Å². The molecule has 1 unspecified atom stereocenters. The number of anilines is 1. The van der Waals surface area contributed by atoms with Crippen molar-refractivity contribution in [2.75, 3.05) is 19.4 Å². The van der Waals surface area contributed by atoms with E-state index < -0.39 is 0 Å². The van der Waals surface area contributed by atoms with Gasteiger partial charge in [-0.3, -0.25) is 0 Å². The largest absolute Gasteiger partial charge is 0.388 e. The van der Waals surface area contributed by atoms with Crippen LogP contribution in [-0.2, 0) is 0 Å². The second-order valence-corrected chi connectivity index (χ2v) is 5.39. The van der Waals surface area contributed by atoms with Crippen molar-refractivity contribution in [3.05, 3.63) is 64.2 Å². The molecule has 1 atom stereocenters. The molecule has 2 rings (SSSR count). The van der Waals surface area contributed by atoms with Crippen LogP contribution in [0.4, 0.5) is 5.69 Å². The third-order valence-electron chi connectivity index (χ3n) is 4.01. The summed E-state index contributed by atoms with van der Waals surface area (Å²) in [6.07, 6.45) is 0. The normalized spacial score (nSPS) is 12.2. The van der Waals surface area contributed by atoms with Crippen LogP contribution in [0.15, 0.2) is 36.4 Å². The third-order valence-corrected chi connectivity index (χ3v) is 4.01. The lowest BCUT2D eigenvalue weighted by atomic mass is 9.91. The lowest BCUT2D eigenvalue weighted by molar-refractivity contribution is 0.687. The predicted molar refractivity (Wildman–Crippen MR) is 87.5 cm³/mol. The Hall–Kier alpha value is -1.80. The highest BCUT2D eigenvalue weighted by atomic mass is 14.9. The summed E-state index contributed by atoms with van der Waals surface area (Å²) in [5.74, 6) is 0. The van der Waals surface area contributed by atoms with E-state index in [0.29, 0.717) is 0 Å². The lowest BCUT2D eigenvalue weighted by Crippen LogP contribution is -2.19. The molecule has 0 aliphatic carbocycles. The van der Waals surface area contributed by atoms with Crippen LogP contribution in [-0.4, -0.2) is 14.1 Å². The van der Waals surface area contributed by atoms with Crippen LogP contribution in [0.1, 0.15) is 33.9 Å². The molecule has 2 N–H and O–H groups in total. The van der Waals surface area contributed by atoms with Crippen molar-refractivity contribution < 1.29 is 0 Å². The fourth-order valence-corrected chi connectivity index (χ4v) is 2.64. The molecule has 2 heteroatoms. The minimum atomic E-state index is 0.236. The Morgan fingerprint density at radius 3 is 1.95 bits per heavy atom. The molecule has 0 aromatic heterocycles. The average Bonchev–Trinajstić information content (AvgIpc) is 2.46. The first-order valence-electron chi connectivity index (χ1n) is 7.09. The Morgan fingerprint density at radius 1 is 0.800 bits per heavy atom. The van der Waals surface area contributed by atoms with Gasteiger partial charge in [-0.2, -0.15) is 0 Å². The topological polar surface area (TPSA) is 24.1 Å². The van der Waals surface area contributed by atoms with Gasteiger partial charge < -0.3 is 10.6 Å². The minimum Gasteiger partial charge on any atom is -0.388 e. The van der Waals surface area contributed by atoms with Gasteiger partial charge in [0.05, 0.1) is 6.04 Å². The Labute approximate surface area is 122 Å². The molecule has 0 fully saturated rings. The molecule has 2 nitrogen and oxygen atoms in total. The number of rotatable bonds is 4. The smallest absolute Gasteiger partial charge is 0.0577 e. The van der Waals surface area contributed by atoms with Gasteiger partial charge in [0.15, 0.2) is 0 Å². The maximum absolute atomic E-state index is 3.44. The van der Waals surface area contributed by atoms with Crippen LogP contribution in [0.3, 0.4) is 0 Å². The van der Waals surface area contributed by atoms with Crippen molar-refractivity contribution in [2.45, 2.75) is 26.8 Å². The average molecular weight is 268 g/mol. The zero-order chi connectivity index (χ0) is 14.7. The number of benzene rings is 2. The summed E-state index contributed by atoms with van der Waals surface area (Å²) in [5, 5.41) is 6.60. The van der Waals surface area contributed by atoms with E-state index in [9.17, 15) is 0 Å². The molecule has 0 bridgehead atoms. The highest BCUT2D eigenvalue weighted by Gasteiger charge is 2.15. The quantitative estimate of drug-likeness (QED) is 0.877. The zero-order valence-corrected chi connectivity index (χ0v) is 13.0. The summed E-state index contributed by atoms with van der Waals surface area (Å²) in [5.41, 5.74) is 7.82. The van der Waals surface area contributed by atoms with Crippen molar-refractivity contribution in [3.63, 3.8) is 0 Å². The van der Waals surface area contributed by atoms with Crippen LogP contribution in [0.5, 0.6) is 0 Å². The lowest BCUT2D eigenvalue weighted by Gasteiger charge is -2.21. The molecule has 106 valence electrons. The SMILES string of the molecule is CNc1ccc(C(NC)c2cc(C)c(C)cc2C)cc1. The summed E-state index contributed by atoms with van der Waals surface area (Å²) in [6.45, 7) is 6.53. The first-order valence-corrected chi connectivity index (χ1v) is 7.09. The Morgan fingerprint density at radius 2 is 1.40 bits per heavy atom. The molecule has 2 aromatic rings. The minimum absolute atomic E-state index is 0.236. The molecular weight excluding hydrogens is 244 g/mol. The van der Waals surface area contributed by atoms with Crippen molar-refractivity contribution >= 4 is 5.69 Å². The van der Waals surface area contributed by atoms with E-state index in [4.69, 9.17) is 0 Å². The first kappa shape index (κ1) is 14.6. The van der Waals surface area contributed by atoms with Crippen LogP contribution in [0, 0.1) is 20.8 Å².